The molecule has 0 radical (unpaired) electrons. The molecule has 0 saturated carbocycles. The Morgan fingerprint density at radius 2 is 2.04 bits per heavy atom. The molecule has 0 aliphatic carbocycles. The molecule has 2 rings (SSSR count). The van der Waals surface area contributed by atoms with Crippen LogP contribution >= 0.6 is 11.3 Å². The summed E-state index contributed by atoms with van der Waals surface area (Å²) in [5.74, 6) is 0.778. The van der Waals surface area contributed by atoms with Gasteiger partial charge in [-0.05, 0) is 67.3 Å². The van der Waals surface area contributed by atoms with Crippen LogP contribution in [0.15, 0.2) is 41.1 Å². The lowest BCUT2D eigenvalue weighted by Crippen LogP contribution is -2.58. The summed E-state index contributed by atoms with van der Waals surface area (Å²) in [6.45, 7) is 6.38. The molecule has 0 fully saturated rings. The van der Waals surface area contributed by atoms with Gasteiger partial charge in [0.05, 0.1) is 19.3 Å². The van der Waals surface area contributed by atoms with Crippen molar-refractivity contribution in [3.05, 3.63) is 52.2 Å². The predicted molar refractivity (Wildman–Crippen MR) is 112 cm³/mol. The van der Waals surface area contributed by atoms with Crippen LogP contribution in [0.3, 0.4) is 0 Å². The number of nitrogens with one attached hydrogen (secondary N) is 1. The number of thiophene rings is 1. The highest BCUT2D eigenvalue weighted by Crippen LogP contribution is 2.23. The molecule has 0 bridgehead atoms. The molecule has 0 aliphatic heterocycles. The van der Waals surface area contributed by atoms with Crippen molar-refractivity contribution < 1.29 is 19.7 Å². The average Bonchev–Trinajstić information content (AvgIpc) is 3.13. The molecule has 154 valence electrons. The fraction of sp³-hybridized carbons (Fsp3) is 0.476. The molecular formula is C21H30N2O4S. The Bertz CT molecular complexity index is 743. The zero-order valence-corrected chi connectivity index (χ0v) is 17.7. The van der Waals surface area contributed by atoms with Crippen LogP contribution in [-0.4, -0.2) is 52.5 Å². The fourth-order valence-electron chi connectivity index (χ4n) is 3.26. The molecule has 1 heterocycles. The highest BCUT2D eigenvalue weighted by atomic mass is 32.1. The highest BCUT2D eigenvalue weighted by Gasteiger charge is 2.37. The number of aliphatic hydroxyl groups excluding tert-OH is 1. The van der Waals surface area contributed by atoms with Crippen molar-refractivity contribution >= 4 is 17.4 Å². The van der Waals surface area contributed by atoms with Gasteiger partial charge in [0, 0.05) is 18.6 Å². The molecule has 6 nitrogen and oxygen atoms in total. The van der Waals surface area contributed by atoms with Gasteiger partial charge in [0.1, 0.15) is 5.75 Å². The van der Waals surface area contributed by atoms with E-state index in [-0.39, 0.29) is 6.54 Å². The molecule has 28 heavy (non-hydrogen) atoms. The summed E-state index contributed by atoms with van der Waals surface area (Å²) in [5.41, 5.74) is 1.43. The van der Waals surface area contributed by atoms with Gasteiger partial charge in [-0.2, -0.15) is 11.3 Å². The van der Waals surface area contributed by atoms with E-state index >= 15 is 0 Å². The normalized spacial score (nSPS) is 13.8. The summed E-state index contributed by atoms with van der Waals surface area (Å²) >= 11 is 1.56. The first-order valence-electron chi connectivity index (χ1n) is 9.27. The molecule has 0 aliphatic rings. The van der Waals surface area contributed by atoms with Gasteiger partial charge in [-0.3, -0.25) is 4.90 Å². The Hall–Kier alpha value is -2.09. The van der Waals surface area contributed by atoms with Crippen molar-refractivity contribution in [2.75, 3.05) is 13.7 Å². The number of hydrogen-bond acceptors (Lipinski definition) is 5. The summed E-state index contributed by atoms with van der Waals surface area (Å²) in [6.07, 6.45) is -1.41. The van der Waals surface area contributed by atoms with E-state index in [1.165, 1.54) is 4.90 Å². The van der Waals surface area contributed by atoms with Crippen molar-refractivity contribution in [3.63, 3.8) is 0 Å². The second-order valence-corrected chi connectivity index (χ2v) is 8.56. The molecule has 1 aromatic heterocycles. The minimum Gasteiger partial charge on any atom is -0.497 e. The quantitative estimate of drug-likeness (QED) is 0.593. The third kappa shape index (κ3) is 6.22. The summed E-state index contributed by atoms with van der Waals surface area (Å²) in [6, 6.07) is 9.12. The first kappa shape index (κ1) is 22.2. The van der Waals surface area contributed by atoms with Gasteiger partial charge in [-0.1, -0.05) is 12.1 Å². The van der Waals surface area contributed by atoms with Gasteiger partial charge in [-0.25, -0.2) is 4.79 Å². The Labute approximate surface area is 170 Å². The van der Waals surface area contributed by atoms with E-state index in [0.29, 0.717) is 13.0 Å². The second kappa shape index (κ2) is 9.91. The van der Waals surface area contributed by atoms with E-state index < -0.39 is 23.8 Å². The topological polar surface area (TPSA) is 82.0 Å². The van der Waals surface area contributed by atoms with Gasteiger partial charge < -0.3 is 20.3 Å². The average molecular weight is 407 g/mol. The monoisotopic (exact) mass is 406 g/mol. The minimum atomic E-state index is -1.03. The van der Waals surface area contributed by atoms with Crippen LogP contribution in [0.4, 0.5) is 4.79 Å². The van der Waals surface area contributed by atoms with E-state index in [2.05, 4.69) is 5.32 Å². The standard InChI is InChI=1S/C21H30N2O4S/c1-21(2,3)23(20(25)26)18(11-16-8-9-28-14-16)19(24)13-22-12-15-6-5-7-17(10-15)27-4/h5-10,14,18-19,22,24H,11-13H2,1-4H3,(H,25,26)/t18-,19+/m0/s1. The smallest absolute Gasteiger partial charge is 0.408 e. The molecular weight excluding hydrogens is 376 g/mol. The number of rotatable bonds is 9. The van der Waals surface area contributed by atoms with Crippen LogP contribution in [-0.2, 0) is 13.0 Å². The summed E-state index contributed by atoms with van der Waals surface area (Å²) in [4.78, 5) is 13.3. The molecule has 7 heteroatoms. The van der Waals surface area contributed by atoms with Crippen LogP contribution in [0.1, 0.15) is 31.9 Å². The number of methoxy groups -OCH3 is 1. The lowest BCUT2D eigenvalue weighted by molar-refractivity contribution is 0.00774. The van der Waals surface area contributed by atoms with Crippen molar-refractivity contribution in [1.29, 1.82) is 0 Å². The van der Waals surface area contributed by atoms with Crippen molar-refractivity contribution in [1.82, 2.24) is 10.2 Å². The lowest BCUT2D eigenvalue weighted by Gasteiger charge is -2.41. The van der Waals surface area contributed by atoms with E-state index in [9.17, 15) is 15.0 Å². The van der Waals surface area contributed by atoms with E-state index in [0.717, 1.165) is 16.9 Å². The number of carboxylic acid groups (broad SMARTS) is 1. The Kier molecular flexibility index (Phi) is 7.86. The lowest BCUT2D eigenvalue weighted by atomic mass is 9.95. The third-order valence-electron chi connectivity index (χ3n) is 4.55. The summed E-state index contributed by atoms with van der Waals surface area (Å²) < 4.78 is 5.23. The number of nitrogens with zero attached hydrogens (tertiary/aromatic N) is 1. The molecule has 0 saturated heterocycles. The number of benzene rings is 1. The number of hydrogen-bond donors (Lipinski definition) is 3. The van der Waals surface area contributed by atoms with Crippen molar-refractivity contribution in [2.45, 2.75) is 51.4 Å². The highest BCUT2D eigenvalue weighted by molar-refractivity contribution is 7.07. The predicted octanol–water partition coefficient (Wildman–Crippen LogP) is 3.60. The summed E-state index contributed by atoms with van der Waals surface area (Å²) in [7, 11) is 1.62. The first-order chi connectivity index (χ1) is 13.2. The van der Waals surface area contributed by atoms with Gasteiger partial charge in [0.15, 0.2) is 0 Å². The van der Waals surface area contributed by atoms with Crippen molar-refractivity contribution in [2.24, 2.45) is 0 Å². The molecule has 2 atom stereocenters. The zero-order valence-electron chi connectivity index (χ0n) is 16.9. The third-order valence-corrected chi connectivity index (χ3v) is 5.28. The van der Waals surface area contributed by atoms with Crippen LogP contribution in [0.2, 0.25) is 0 Å². The molecule has 1 amide bonds. The van der Waals surface area contributed by atoms with Crippen LogP contribution in [0.25, 0.3) is 0 Å². The van der Waals surface area contributed by atoms with Crippen LogP contribution in [0, 0.1) is 0 Å². The Morgan fingerprint density at radius 1 is 1.29 bits per heavy atom. The SMILES string of the molecule is COc1cccc(CNC[C@@H](O)[C@H](Cc2ccsc2)N(C(=O)O)C(C)(C)C)c1. The largest absolute Gasteiger partial charge is 0.497 e. The van der Waals surface area contributed by atoms with Gasteiger partial charge in [-0.15, -0.1) is 0 Å². The van der Waals surface area contributed by atoms with Gasteiger partial charge in [0.25, 0.3) is 0 Å². The first-order valence-corrected chi connectivity index (χ1v) is 10.2. The number of carbonyl (C=O) groups is 1. The van der Waals surface area contributed by atoms with Crippen LogP contribution in [0.5, 0.6) is 5.75 Å². The van der Waals surface area contributed by atoms with Gasteiger partial charge >= 0.3 is 6.09 Å². The Morgan fingerprint density at radius 3 is 2.61 bits per heavy atom. The number of aliphatic hydroxyl groups is 1. The number of ether oxygens (including phenoxy) is 1. The zero-order chi connectivity index (χ0) is 20.7. The molecule has 0 spiro atoms. The van der Waals surface area contributed by atoms with E-state index in [4.69, 9.17) is 4.74 Å². The van der Waals surface area contributed by atoms with E-state index in [1.807, 2.05) is 61.9 Å². The van der Waals surface area contributed by atoms with Crippen LogP contribution < -0.4 is 10.1 Å². The molecule has 1 aromatic carbocycles. The fourth-order valence-corrected chi connectivity index (χ4v) is 3.94. The maximum Gasteiger partial charge on any atom is 0.408 e. The second-order valence-electron chi connectivity index (χ2n) is 7.78. The Balaban J connectivity index is 2.09. The molecule has 0 unspecified atom stereocenters. The molecule has 3 N–H and O–H groups in total. The summed E-state index contributed by atoms with van der Waals surface area (Å²) in [5, 5.41) is 27.9. The minimum absolute atomic E-state index is 0.284. The van der Waals surface area contributed by atoms with E-state index in [1.54, 1.807) is 18.4 Å². The number of amides is 1. The maximum atomic E-state index is 12.0. The molecule has 2 aromatic rings. The van der Waals surface area contributed by atoms with Gasteiger partial charge in [0.2, 0.25) is 0 Å². The maximum absolute atomic E-state index is 12.0. The van der Waals surface area contributed by atoms with Crippen molar-refractivity contribution in [3.8, 4) is 5.75 Å².